The predicted molar refractivity (Wildman–Crippen MR) is 63.7 cm³/mol. The first-order valence-corrected chi connectivity index (χ1v) is 5.29. The highest BCUT2D eigenvalue weighted by molar-refractivity contribution is 5.82. The molecule has 8 nitrogen and oxygen atoms in total. The minimum absolute atomic E-state index is 0.0867. The van der Waals surface area contributed by atoms with Crippen LogP contribution in [0.4, 0.5) is 0 Å². The number of aromatic nitrogens is 5. The van der Waals surface area contributed by atoms with E-state index in [1.165, 1.54) is 17.3 Å². The van der Waals surface area contributed by atoms with Gasteiger partial charge in [-0.1, -0.05) is 0 Å². The van der Waals surface area contributed by atoms with Crippen molar-refractivity contribution in [2.75, 3.05) is 0 Å². The van der Waals surface area contributed by atoms with Crippen LogP contribution in [0.15, 0.2) is 24.0 Å². The number of carbonyl (C=O) groups is 1. The maximum Gasteiger partial charge on any atom is 0.261 e. The number of amides is 1. The average molecular weight is 247 g/mol. The normalized spacial score (nSPS) is 11.0. The second kappa shape index (κ2) is 5.21. The molecular formula is C10H13N7O. The molecule has 0 unspecified atom stereocenters. The van der Waals surface area contributed by atoms with Gasteiger partial charge in [-0.15, -0.1) is 0 Å². The monoisotopic (exact) mass is 247 g/mol. The van der Waals surface area contributed by atoms with Crippen molar-refractivity contribution in [1.29, 1.82) is 0 Å². The van der Waals surface area contributed by atoms with Crippen molar-refractivity contribution in [2.24, 2.45) is 12.1 Å². The zero-order valence-electron chi connectivity index (χ0n) is 10.1. The smallest absolute Gasteiger partial charge is 0.261 e. The van der Waals surface area contributed by atoms with Gasteiger partial charge in [0.05, 0.1) is 11.9 Å². The summed E-state index contributed by atoms with van der Waals surface area (Å²) < 4.78 is 3.11. The molecule has 94 valence electrons. The Morgan fingerprint density at radius 1 is 1.61 bits per heavy atom. The molecule has 0 spiro atoms. The lowest BCUT2D eigenvalue weighted by atomic mass is 10.3. The van der Waals surface area contributed by atoms with Crippen LogP contribution < -0.4 is 5.43 Å². The topological polar surface area (TPSA) is 90.0 Å². The van der Waals surface area contributed by atoms with Gasteiger partial charge in [0.1, 0.15) is 19.2 Å². The molecule has 2 rings (SSSR count). The fraction of sp³-hybridized carbons (Fsp3) is 0.300. The Morgan fingerprint density at radius 3 is 3.06 bits per heavy atom. The van der Waals surface area contributed by atoms with E-state index in [1.54, 1.807) is 10.9 Å². The van der Waals surface area contributed by atoms with Gasteiger partial charge in [-0.05, 0) is 6.92 Å². The molecule has 0 saturated heterocycles. The lowest BCUT2D eigenvalue weighted by molar-refractivity contribution is -0.121. The van der Waals surface area contributed by atoms with E-state index < -0.39 is 0 Å². The molecule has 0 atom stereocenters. The van der Waals surface area contributed by atoms with E-state index in [0.717, 1.165) is 11.3 Å². The highest BCUT2D eigenvalue weighted by Gasteiger charge is 2.02. The van der Waals surface area contributed by atoms with Gasteiger partial charge < -0.3 is 0 Å². The van der Waals surface area contributed by atoms with Crippen molar-refractivity contribution in [2.45, 2.75) is 13.5 Å². The van der Waals surface area contributed by atoms with Crippen molar-refractivity contribution in [3.8, 4) is 0 Å². The first-order valence-electron chi connectivity index (χ1n) is 5.29. The van der Waals surface area contributed by atoms with E-state index in [1.807, 2.05) is 20.2 Å². The molecular weight excluding hydrogens is 234 g/mol. The molecule has 0 fully saturated rings. The van der Waals surface area contributed by atoms with Gasteiger partial charge >= 0.3 is 0 Å². The van der Waals surface area contributed by atoms with Crippen LogP contribution >= 0.6 is 0 Å². The molecule has 18 heavy (non-hydrogen) atoms. The number of aryl methyl sites for hydroxylation is 2. The highest BCUT2D eigenvalue weighted by atomic mass is 16.2. The SMILES string of the molecule is Cc1nn(C)cc1/C=N\NC(=O)Cn1cncn1. The molecule has 2 heterocycles. The van der Waals surface area contributed by atoms with Crippen molar-refractivity contribution >= 4 is 12.1 Å². The Balaban J connectivity index is 1.87. The van der Waals surface area contributed by atoms with Crippen LogP contribution in [0.1, 0.15) is 11.3 Å². The number of hydrazone groups is 1. The highest BCUT2D eigenvalue weighted by Crippen LogP contribution is 1.99. The summed E-state index contributed by atoms with van der Waals surface area (Å²) in [5, 5.41) is 11.8. The third-order valence-electron chi connectivity index (χ3n) is 2.22. The lowest BCUT2D eigenvalue weighted by Gasteiger charge is -1.98. The average Bonchev–Trinajstić information content (AvgIpc) is 2.89. The zero-order chi connectivity index (χ0) is 13.0. The summed E-state index contributed by atoms with van der Waals surface area (Å²) in [6.45, 7) is 1.96. The van der Waals surface area contributed by atoms with Crippen molar-refractivity contribution in [3.05, 3.63) is 30.1 Å². The lowest BCUT2D eigenvalue weighted by Crippen LogP contribution is -2.23. The van der Waals surface area contributed by atoms with Gasteiger partial charge in [-0.25, -0.2) is 15.1 Å². The third kappa shape index (κ3) is 3.00. The molecule has 1 amide bonds. The summed E-state index contributed by atoms with van der Waals surface area (Å²) in [7, 11) is 1.83. The van der Waals surface area contributed by atoms with Gasteiger partial charge in [-0.3, -0.25) is 9.48 Å². The van der Waals surface area contributed by atoms with E-state index in [4.69, 9.17) is 0 Å². The molecule has 0 radical (unpaired) electrons. The summed E-state index contributed by atoms with van der Waals surface area (Å²) >= 11 is 0. The van der Waals surface area contributed by atoms with E-state index >= 15 is 0 Å². The molecule has 0 aromatic carbocycles. The van der Waals surface area contributed by atoms with Gasteiger partial charge in [0.2, 0.25) is 0 Å². The van der Waals surface area contributed by atoms with Crippen molar-refractivity contribution < 1.29 is 4.79 Å². The van der Waals surface area contributed by atoms with Gasteiger partial charge in [0.25, 0.3) is 5.91 Å². The third-order valence-corrected chi connectivity index (χ3v) is 2.22. The summed E-state index contributed by atoms with van der Waals surface area (Å²) in [5.74, 6) is -0.265. The fourth-order valence-electron chi connectivity index (χ4n) is 1.42. The van der Waals surface area contributed by atoms with E-state index in [2.05, 4.69) is 25.7 Å². The number of nitrogens with one attached hydrogen (secondary N) is 1. The fourth-order valence-corrected chi connectivity index (χ4v) is 1.42. The molecule has 8 heteroatoms. The van der Waals surface area contributed by atoms with E-state index in [0.29, 0.717) is 0 Å². The Hall–Kier alpha value is -2.51. The number of rotatable bonds is 4. The Bertz CT molecular complexity index is 555. The number of nitrogens with zero attached hydrogens (tertiary/aromatic N) is 6. The molecule has 0 saturated carbocycles. The van der Waals surface area contributed by atoms with Crippen molar-refractivity contribution in [3.63, 3.8) is 0 Å². The minimum Gasteiger partial charge on any atom is -0.275 e. The largest absolute Gasteiger partial charge is 0.275 e. The first kappa shape index (κ1) is 12.0. The standard InChI is InChI=1S/C10H13N7O/c1-8-9(4-16(2)15-8)3-12-14-10(18)5-17-7-11-6-13-17/h3-4,6-7H,5H2,1-2H3,(H,14,18)/b12-3-. The molecule has 2 aromatic rings. The first-order chi connectivity index (χ1) is 8.65. The molecule has 2 aromatic heterocycles. The van der Waals surface area contributed by atoms with E-state index in [-0.39, 0.29) is 12.5 Å². The van der Waals surface area contributed by atoms with Gasteiger partial charge in [0, 0.05) is 18.8 Å². The van der Waals surface area contributed by atoms with E-state index in [9.17, 15) is 4.79 Å². The Morgan fingerprint density at radius 2 is 2.44 bits per heavy atom. The predicted octanol–water partition coefficient (Wildman–Crippen LogP) is -0.530. The molecule has 0 bridgehead atoms. The Labute approximate surface area is 103 Å². The van der Waals surface area contributed by atoms with Crippen LogP contribution in [-0.2, 0) is 18.4 Å². The van der Waals surface area contributed by atoms with Crippen LogP contribution in [0.3, 0.4) is 0 Å². The zero-order valence-corrected chi connectivity index (χ0v) is 10.1. The second-order valence-corrected chi connectivity index (χ2v) is 3.73. The van der Waals surface area contributed by atoms with Crippen LogP contribution in [-0.4, -0.2) is 36.7 Å². The molecule has 0 aliphatic carbocycles. The Kier molecular flexibility index (Phi) is 3.46. The van der Waals surface area contributed by atoms with Crippen LogP contribution in [0.2, 0.25) is 0 Å². The van der Waals surface area contributed by atoms with Crippen molar-refractivity contribution in [1.82, 2.24) is 30.0 Å². The number of hydrogen-bond acceptors (Lipinski definition) is 5. The number of hydrogen-bond donors (Lipinski definition) is 1. The van der Waals surface area contributed by atoms with Crippen LogP contribution in [0.5, 0.6) is 0 Å². The summed E-state index contributed by atoms with van der Waals surface area (Å²) in [6.07, 6.45) is 6.22. The quantitative estimate of drug-likeness (QED) is 0.581. The summed E-state index contributed by atoms with van der Waals surface area (Å²) in [6, 6.07) is 0. The van der Waals surface area contributed by atoms with Crippen LogP contribution in [0, 0.1) is 6.92 Å². The second-order valence-electron chi connectivity index (χ2n) is 3.73. The molecule has 0 aliphatic heterocycles. The summed E-state index contributed by atoms with van der Waals surface area (Å²) in [4.78, 5) is 15.2. The van der Waals surface area contributed by atoms with Crippen LogP contribution in [0.25, 0.3) is 0 Å². The minimum atomic E-state index is -0.265. The maximum atomic E-state index is 11.5. The van der Waals surface area contributed by atoms with Gasteiger partial charge in [0.15, 0.2) is 0 Å². The number of carbonyl (C=O) groups excluding carboxylic acids is 1. The summed E-state index contributed by atoms with van der Waals surface area (Å²) in [5.41, 5.74) is 4.12. The molecule has 0 aliphatic rings. The van der Waals surface area contributed by atoms with Gasteiger partial charge in [-0.2, -0.15) is 15.3 Å². The molecule has 1 N–H and O–H groups in total. The maximum absolute atomic E-state index is 11.5.